The molecule has 0 aromatic heterocycles. The average Bonchev–Trinajstić information content (AvgIpc) is 2.62. The van der Waals surface area contributed by atoms with Gasteiger partial charge in [0.25, 0.3) is 0 Å². The van der Waals surface area contributed by atoms with Crippen LogP contribution in [-0.2, 0) is 20.0 Å². The van der Waals surface area contributed by atoms with Gasteiger partial charge in [0, 0.05) is 24.2 Å². The SMILES string of the molecule is Cc1ccc(S(=O)(=O)N2CCC(NS(=O)(=O)c3cccc(Cl)c3)CC2)cc1. The molecule has 0 atom stereocenters. The molecule has 0 saturated carbocycles. The summed E-state index contributed by atoms with van der Waals surface area (Å²) in [6, 6.07) is 12.4. The molecule has 27 heavy (non-hydrogen) atoms. The molecule has 0 spiro atoms. The van der Waals surface area contributed by atoms with Gasteiger partial charge in [-0.25, -0.2) is 21.6 Å². The van der Waals surface area contributed by atoms with Crippen LogP contribution in [-0.4, -0.2) is 40.3 Å². The van der Waals surface area contributed by atoms with Crippen LogP contribution < -0.4 is 4.72 Å². The maximum Gasteiger partial charge on any atom is 0.243 e. The molecule has 1 N–H and O–H groups in total. The Morgan fingerprint density at radius 2 is 1.59 bits per heavy atom. The van der Waals surface area contributed by atoms with Crippen molar-refractivity contribution in [1.29, 1.82) is 0 Å². The summed E-state index contributed by atoms with van der Waals surface area (Å²) in [4.78, 5) is 0.357. The number of hydrogen-bond donors (Lipinski definition) is 1. The van der Waals surface area contributed by atoms with Crippen molar-refractivity contribution < 1.29 is 16.8 Å². The molecule has 3 rings (SSSR count). The standard InChI is InChI=1S/C18H21ClN2O4S2/c1-14-5-7-17(8-6-14)27(24,25)21-11-9-16(10-12-21)20-26(22,23)18-4-2-3-15(19)13-18/h2-8,13,16,20H,9-12H2,1H3. The maximum absolute atomic E-state index is 12.7. The molecule has 0 bridgehead atoms. The summed E-state index contributed by atoms with van der Waals surface area (Å²) in [5.74, 6) is 0. The summed E-state index contributed by atoms with van der Waals surface area (Å²) in [7, 11) is -7.26. The van der Waals surface area contributed by atoms with Gasteiger partial charge in [0.1, 0.15) is 0 Å². The van der Waals surface area contributed by atoms with Crippen LogP contribution in [0.3, 0.4) is 0 Å². The molecule has 1 aliphatic rings. The molecule has 0 amide bonds. The second kappa shape index (κ2) is 7.89. The lowest BCUT2D eigenvalue weighted by Crippen LogP contribution is -2.46. The number of aryl methyl sites for hydroxylation is 1. The van der Waals surface area contributed by atoms with E-state index in [1.165, 1.54) is 16.4 Å². The summed E-state index contributed by atoms with van der Waals surface area (Å²) in [5, 5.41) is 0.344. The van der Waals surface area contributed by atoms with Gasteiger partial charge in [0.15, 0.2) is 0 Å². The fourth-order valence-electron chi connectivity index (χ4n) is 2.99. The summed E-state index contributed by atoms with van der Waals surface area (Å²) >= 11 is 5.87. The van der Waals surface area contributed by atoms with E-state index in [2.05, 4.69) is 4.72 Å². The molecule has 1 saturated heterocycles. The van der Waals surface area contributed by atoms with Crippen molar-refractivity contribution in [2.45, 2.75) is 35.6 Å². The van der Waals surface area contributed by atoms with Gasteiger partial charge in [-0.05, 0) is 50.1 Å². The van der Waals surface area contributed by atoms with Gasteiger partial charge in [0.2, 0.25) is 20.0 Å². The lowest BCUT2D eigenvalue weighted by atomic mass is 10.1. The van der Waals surface area contributed by atoms with E-state index in [-0.39, 0.29) is 28.9 Å². The van der Waals surface area contributed by atoms with Crippen molar-refractivity contribution >= 4 is 31.6 Å². The van der Waals surface area contributed by atoms with Crippen molar-refractivity contribution in [3.05, 3.63) is 59.1 Å². The smallest absolute Gasteiger partial charge is 0.208 e. The second-order valence-corrected chi connectivity index (χ2v) is 10.7. The molecule has 9 heteroatoms. The van der Waals surface area contributed by atoms with Crippen molar-refractivity contribution in [3.63, 3.8) is 0 Å². The first-order valence-electron chi connectivity index (χ1n) is 8.53. The third-order valence-electron chi connectivity index (χ3n) is 4.54. The van der Waals surface area contributed by atoms with Gasteiger partial charge >= 0.3 is 0 Å². The Bertz CT molecular complexity index is 1010. The highest BCUT2D eigenvalue weighted by molar-refractivity contribution is 7.89. The molecule has 0 radical (unpaired) electrons. The highest BCUT2D eigenvalue weighted by Gasteiger charge is 2.31. The number of sulfonamides is 2. The molecular weight excluding hydrogens is 408 g/mol. The molecule has 1 heterocycles. The molecule has 0 aliphatic carbocycles. The maximum atomic E-state index is 12.7. The zero-order valence-electron chi connectivity index (χ0n) is 14.8. The zero-order valence-corrected chi connectivity index (χ0v) is 17.2. The van der Waals surface area contributed by atoms with Crippen LogP contribution in [0.25, 0.3) is 0 Å². The van der Waals surface area contributed by atoms with E-state index in [9.17, 15) is 16.8 Å². The van der Waals surface area contributed by atoms with Crippen LogP contribution in [0, 0.1) is 6.92 Å². The molecule has 2 aromatic rings. The number of nitrogens with zero attached hydrogens (tertiary/aromatic N) is 1. The van der Waals surface area contributed by atoms with Gasteiger partial charge in [-0.3, -0.25) is 0 Å². The Morgan fingerprint density at radius 3 is 2.19 bits per heavy atom. The topological polar surface area (TPSA) is 83.6 Å². The fraction of sp³-hybridized carbons (Fsp3) is 0.333. The summed E-state index contributed by atoms with van der Waals surface area (Å²) in [6.07, 6.45) is 0.815. The van der Waals surface area contributed by atoms with Gasteiger partial charge in [-0.1, -0.05) is 35.4 Å². The number of piperidine rings is 1. The van der Waals surface area contributed by atoms with E-state index < -0.39 is 20.0 Å². The minimum absolute atomic E-state index is 0.102. The first-order valence-corrected chi connectivity index (χ1v) is 11.8. The fourth-order valence-corrected chi connectivity index (χ4v) is 6.07. The Balaban J connectivity index is 1.66. The third kappa shape index (κ3) is 4.70. The highest BCUT2D eigenvalue weighted by atomic mass is 35.5. The minimum atomic E-state index is -3.69. The Morgan fingerprint density at radius 1 is 0.963 bits per heavy atom. The normalized spacial score (nSPS) is 17.1. The van der Waals surface area contributed by atoms with E-state index in [1.54, 1.807) is 36.4 Å². The van der Waals surface area contributed by atoms with Gasteiger partial charge in [-0.15, -0.1) is 0 Å². The van der Waals surface area contributed by atoms with E-state index >= 15 is 0 Å². The predicted octanol–water partition coefficient (Wildman–Crippen LogP) is 2.78. The summed E-state index contributed by atoms with van der Waals surface area (Å²) in [6.45, 7) is 2.42. The second-order valence-electron chi connectivity index (χ2n) is 6.57. The number of benzene rings is 2. The van der Waals surface area contributed by atoms with E-state index in [4.69, 9.17) is 11.6 Å². The Labute approximate surface area is 165 Å². The first-order chi connectivity index (χ1) is 12.7. The van der Waals surface area contributed by atoms with Crippen molar-refractivity contribution in [2.24, 2.45) is 0 Å². The van der Waals surface area contributed by atoms with Gasteiger partial charge < -0.3 is 0 Å². The Kier molecular flexibility index (Phi) is 5.93. The number of hydrogen-bond acceptors (Lipinski definition) is 4. The molecule has 1 fully saturated rings. The molecule has 1 aliphatic heterocycles. The van der Waals surface area contributed by atoms with Crippen LogP contribution in [0.1, 0.15) is 18.4 Å². The zero-order chi connectivity index (χ0) is 19.7. The number of rotatable bonds is 5. The van der Waals surface area contributed by atoms with Gasteiger partial charge in [0.05, 0.1) is 9.79 Å². The summed E-state index contributed by atoms with van der Waals surface area (Å²) < 4.78 is 54.5. The van der Waals surface area contributed by atoms with Crippen LogP contribution in [0.15, 0.2) is 58.3 Å². The monoisotopic (exact) mass is 428 g/mol. The minimum Gasteiger partial charge on any atom is -0.208 e. The molecule has 0 unspecified atom stereocenters. The van der Waals surface area contributed by atoms with Crippen molar-refractivity contribution in [1.82, 2.24) is 9.03 Å². The van der Waals surface area contributed by atoms with E-state index in [0.717, 1.165) is 5.56 Å². The Hall–Kier alpha value is -1.45. The number of halogens is 1. The number of nitrogens with one attached hydrogen (secondary N) is 1. The van der Waals surface area contributed by atoms with Crippen LogP contribution >= 0.6 is 11.6 Å². The van der Waals surface area contributed by atoms with E-state index in [0.29, 0.717) is 17.9 Å². The van der Waals surface area contributed by atoms with Crippen molar-refractivity contribution in [3.8, 4) is 0 Å². The largest absolute Gasteiger partial charge is 0.243 e. The van der Waals surface area contributed by atoms with Gasteiger partial charge in [-0.2, -0.15) is 4.31 Å². The predicted molar refractivity (Wildman–Crippen MR) is 105 cm³/mol. The first kappa shape index (κ1) is 20.3. The molecule has 2 aromatic carbocycles. The summed E-state index contributed by atoms with van der Waals surface area (Å²) in [5.41, 5.74) is 0.989. The van der Waals surface area contributed by atoms with Crippen LogP contribution in [0.2, 0.25) is 5.02 Å². The van der Waals surface area contributed by atoms with E-state index in [1.807, 2.05) is 6.92 Å². The van der Waals surface area contributed by atoms with Crippen molar-refractivity contribution in [2.75, 3.05) is 13.1 Å². The molecule has 6 nitrogen and oxygen atoms in total. The van der Waals surface area contributed by atoms with Crippen LogP contribution in [0.4, 0.5) is 0 Å². The third-order valence-corrected chi connectivity index (χ3v) is 8.21. The lowest BCUT2D eigenvalue weighted by Gasteiger charge is -2.31. The quantitative estimate of drug-likeness (QED) is 0.793. The molecular formula is C18H21ClN2O4S2. The average molecular weight is 429 g/mol. The van der Waals surface area contributed by atoms with Crippen LogP contribution in [0.5, 0.6) is 0 Å². The molecule has 146 valence electrons. The highest BCUT2D eigenvalue weighted by Crippen LogP contribution is 2.23. The lowest BCUT2D eigenvalue weighted by molar-refractivity contribution is 0.308.